The van der Waals surface area contributed by atoms with Gasteiger partial charge in [0.25, 0.3) is 0 Å². The Kier molecular flexibility index (Phi) is 10.0. The zero-order valence-electron chi connectivity index (χ0n) is 22.1. The molecule has 3 fully saturated rings. The molecule has 3 aliphatic carbocycles. The summed E-state index contributed by atoms with van der Waals surface area (Å²) in [6, 6.07) is 3.71. The molecule has 0 spiro atoms. The van der Waals surface area contributed by atoms with E-state index < -0.39 is 11.6 Å². The van der Waals surface area contributed by atoms with Gasteiger partial charge in [0.1, 0.15) is 0 Å². The Morgan fingerprint density at radius 3 is 1.83 bits per heavy atom. The van der Waals surface area contributed by atoms with Crippen molar-refractivity contribution in [2.75, 3.05) is 0 Å². The molecule has 3 saturated carbocycles. The first-order valence-electron chi connectivity index (χ1n) is 14.8. The van der Waals surface area contributed by atoms with E-state index in [4.69, 9.17) is 0 Å². The quantitative estimate of drug-likeness (QED) is 0.242. The summed E-state index contributed by atoms with van der Waals surface area (Å²) < 4.78 is 29.3. The van der Waals surface area contributed by atoms with E-state index in [9.17, 15) is 8.78 Å². The molecule has 0 heterocycles. The second-order valence-electron chi connectivity index (χ2n) is 11.9. The maximum atomic E-state index is 14.8. The Bertz CT molecular complexity index is 816. The Labute approximate surface area is 213 Å². The van der Waals surface area contributed by atoms with Crippen molar-refractivity contribution >= 4 is 0 Å². The fourth-order valence-corrected chi connectivity index (χ4v) is 7.68. The highest BCUT2D eigenvalue weighted by Gasteiger charge is 2.35. The minimum Gasteiger partial charge on any atom is -0.203 e. The average Bonchev–Trinajstić information content (AvgIpc) is 2.90. The third kappa shape index (κ3) is 6.86. The lowest BCUT2D eigenvalue weighted by molar-refractivity contribution is 0.114. The van der Waals surface area contributed by atoms with E-state index in [0.29, 0.717) is 17.5 Å². The van der Waals surface area contributed by atoms with Gasteiger partial charge in [0.2, 0.25) is 0 Å². The molecule has 0 radical (unpaired) electrons. The maximum Gasteiger partial charge on any atom is 0.162 e. The van der Waals surface area contributed by atoms with Crippen LogP contribution in [0.2, 0.25) is 0 Å². The number of allylic oxidation sites excluding steroid dienone is 3. The summed E-state index contributed by atoms with van der Waals surface area (Å²) in [6.45, 7) is 5.82. The minimum atomic E-state index is -0.595. The van der Waals surface area contributed by atoms with Crippen molar-refractivity contribution in [3.05, 3.63) is 59.7 Å². The highest BCUT2D eigenvalue weighted by molar-refractivity contribution is 5.29. The van der Waals surface area contributed by atoms with E-state index in [2.05, 4.69) is 18.7 Å². The zero-order valence-corrected chi connectivity index (χ0v) is 22.1. The Morgan fingerprint density at radius 2 is 1.29 bits per heavy atom. The lowest BCUT2D eigenvalue weighted by atomic mass is 9.64. The fraction of sp³-hybridized carbons (Fsp3) is 0.697. The first kappa shape index (κ1) is 26.6. The Hall–Kier alpha value is -1.44. The van der Waals surface area contributed by atoms with Crippen LogP contribution >= 0.6 is 0 Å². The number of benzene rings is 1. The molecule has 0 saturated heterocycles. The summed E-state index contributed by atoms with van der Waals surface area (Å²) >= 11 is 0. The van der Waals surface area contributed by atoms with Gasteiger partial charge in [0.05, 0.1) is 0 Å². The van der Waals surface area contributed by atoms with Crippen LogP contribution in [0.5, 0.6) is 0 Å². The van der Waals surface area contributed by atoms with Crippen molar-refractivity contribution < 1.29 is 8.78 Å². The van der Waals surface area contributed by atoms with E-state index in [-0.39, 0.29) is 5.92 Å². The van der Waals surface area contributed by atoms with Gasteiger partial charge in [-0.15, -0.1) is 6.58 Å². The molecule has 35 heavy (non-hydrogen) atoms. The van der Waals surface area contributed by atoms with Crippen molar-refractivity contribution in [3.8, 4) is 0 Å². The highest BCUT2D eigenvalue weighted by atomic mass is 19.2. The average molecular weight is 483 g/mol. The topological polar surface area (TPSA) is 0 Å². The zero-order chi connectivity index (χ0) is 24.6. The maximum absolute atomic E-state index is 14.8. The van der Waals surface area contributed by atoms with E-state index in [0.717, 1.165) is 61.7 Å². The molecule has 0 aliphatic heterocycles. The first-order valence-corrected chi connectivity index (χ1v) is 14.8. The van der Waals surface area contributed by atoms with Crippen molar-refractivity contribution in [1.82, 2.24) is 0 Å². The fourth-order valence-electron chi connectivity index (χ4n) is 7.68. The molecule has 4 rings (SSSR count). The third-order valence-corrected chi connectivity index (χ3v) is 9.84. The van der Waals surface area contributed by atoms with E-state index in [1.165, 1.54) is 64.2 Å². The predicted octanol–water partition coefficient (Wildman–Crippen LogP) is 10.3. The predicted molar refractivity (Wildman–Crippen MR) is 145 cm³/mol. The molecule has 1 aromatic rings. The van der Waals surface area contributed by atoms with Crippen LogP contribution in [0.3, 0.4) is 0 Å². The molecule has 0 N–H and O–H groups in total. The molecule has 0 atom stereocenters. The van der Waals surface area contributed by atoms with Crippen molar-refractivity contribution in [2.45, 2.75) is 116 Å². The molecule has 0 amide bonds. The number of halogens is 2. The van der Waals surface area contributed by atoms with E-state index >= 15 is 0 Å². The second kappa shape index (κ2) is 13.2. The van der Waals surface area contributed by atoms with Crippen LogP contribution in [0.25, 0.3) is 0 Å². The smallest absolute Gasteiger partial charge is 0.162 e. The standard InChI is InChI=1S/C33H48F2/c1-3-5-6-7-9-24-10-12-25(13-11-24)26-14-16-27(17-15-26)28-18-20-29(21-19-28)31-23-22-30(8-4-2)32(34)33(31)35/h3,7,9,22-29H,1,4-6,8,10-21H2,2H3. The molecule has 0 bridgehead atoms. The lowest BCUT2D eigenvalue weighted by Crippen LogP contribution is -2.29. The molecular weight excluding hydrogens is 434 g/mol. The minimum absolute atomic E-state index is 0.203. The van der Waals surface area contributed by atoms with Crippen molar-refractivity contribution in [1.29, 1.82) is 0 Å². The summed E-state index contributed by atoms with van der Waals surface area (Å²) in [7, 11) is 0. The number of hydrogen-bond donors (Lipinski definition) is 0. The van der Waals surface area contributed by atoms with Crippen LogP contribution in [-0.2, 0) is 6.42 Å². The van der Waals surface area contributed by atoms with Crippen LogP contribution in [0, 0.1) is 41.2 Å². The first-order chi connectivity index (χ1) is 17.1. The van der Waals surface area contributed by atoms with Crippen LogP contribution in [-0.4, -0.2) is 0 Å². The number of hydrogen-bond acceptors (Lipinski definition) is 0. The third-order valence-electron chi connectivity index (χ3n) is 9.84. The molecule has 1 aromatic carbocycles. The molecule has 0 nitrogen and oxygen atoms in total. The van der Waals surface area contributed by atoms with Crippen LogP contribution in [0.15, 0.2) is 36.9 Å². The number of aryl methyl sites for hydroxylation is 1. The van der Waals surface area contributed by atoms with Crippen LogP contribution < -0.4 is 0 Å². The van der Waals surface area contributed by atoms with Gasteiger partial charge in [-0.1, -0.05) is 43.7 Å². The van der Waals surface area contributed by atoms with Gasteiger partial charge in [0.15, 0.2) is 11.6 Å². The number of unbranched alkanes of at least 4 members (excludes halogenated alkanes) is 1. The van der Waals surface area contributed by atoms with Crippen molar-refractivity contribution in [3.63, 3.8) is 0 Å². The summed E-state index contributed by atoms with van der Waals surface area (Å²) in [5, 5.41) is 0. The summed E-state index contributed by atoms with van der Waals surface area (Å²) in [6.07, 6.45) is 26.3. The lowest BCUT2D eigenvalue weighted by Gasteiger charge is -2.41. The number of rotatable bonds is 9. The van der Waals surface area contributed by atoms with Gasteiger partial charge in [-0.3, -0.25) is 0 Å². The Morgan fingerprint density at radius 1 is 0.743 bits per heavy atom. The summed E-state index contributed by atoms with van der Waals surface area (Å²) in [4.78, 5) is 0. The molecule has 2 heteroatoms. The molecular formula is C33H48F2. The van der Waals surface area contributed by atoms with E-state index in [1.54, 1.807) is 0 Å². The van der Waals surface area contributed by atoms with Crippen LogP contribution in [0.1, 0.15) is 120 Å². The van der Waals surface area contributed by atoms with Gasteiger partial charge in [-0.25, -0.2) is 8.78 Å². The molecule has 194 valence electrons. The highest BCUT2D eigenvalue weighted by Crippen LogP contribution is 2.47. The van der Waals surface area contributed by atoms with Gasteiger partial charge in [0, 0.05) is 0 Å². The van der Waals surface area contributed by atoms with E-state index in [1.807, 2.05) is 25.1 Å². The largest absolute Gasteiger partial charge is 0.203 e. The van der Waals surface area contributed by atoms with Gasteiger partial charge < -0.3 is 0 Å². The monoisotopic (exact) mass is 482 g/mol. The Balaban J connectivity index is 1.19. The SMILES string of the molecule is C=CCCC=CC1CCC(C2CCC(C3CCC(c4ccc(CCC)c(F)c4F)CC3)CC2)CC1. The summed E-state index contributed by atoms with van der Waals surface area (Å²) in [5.41, 5.74) is 1.17. The van der Waals surface area contributed by atoms with Gasteiger partial charge in [-0.2, -0.15) is 0 Å². The van der Waals surface area contributed by atoms with Gasteiger partial charge >= 0.3 is 0 Å². The van der Waals surface area contributed by atoms with Gasteiger partial charge in [-0.05, 0) is 143 Å². The van der Waals surface area contributed by atoms with Crippen LogP contribution in [0.4, 0.5) is 8.78 Å². The molecule has 0 unspecified atom stereocenters. The summed E-state index contributed by atoms with van der Waals surface area (Å²) in [5.74, 6) is 3.42. The molecule has 0 aromatic heterocycles. The normalized spacial score (nSPS) is 32.1. The second-order valence-corrected chi connectivity index (χ2v) is 11.9. The van der Waals surface area contributed by atoms with Crippen molar-refractivity contribution in [2.24, 2.45) is 29.6 Å². The molecule has 3 aliphatic rings.